The number of carbonyl (C=O) groups is 10. The molecule has 8 atom stereocenters. The van der Waals surface area contributed by atoms with E-state index in [9.17, 15) is 56.4 Å². The fourth-order valence-electron chi connectivity index (χ4n) is 0. The van der Waals surface area contributed by atoms with Gasteiger partial charge in [-0.2, -0.15) is 23.5 Å². The zero-order chi connectivity index (χ0) is 94.2. The first-order valence-corrected chi connectivity index (χ1v) is 45.0. The summed E-state index contributed by atoms with van der Waals surface area (Å²) >= 11 is 6.19. The van der Waals surface area contributed by atoms with Crippen LogP contribution < -0.4 is 32.1 Å². The molecule has 0 rings (SSSR count). The summed E-state index contributed by atoms with van der Waals surface area (Å²) in [6, 6.07) is 0. The molecule has 28 nitrogen and oxygen atoms in total. The van der Waals surface area contributed by atoms with Crippen LogP contribution in [-0.4, -0.2) is 290 Å². The van der Waals surface area contributed by atoms with Crippen LogP contribution in [0.2, 0.25) is 0 Å². The Hall–Kier alpha value is -2.88. The van der Waals surface area contributed by atoms with Gasteiger partial charge < -0.3 is 80.4 Å². The molecular formula is C76H184N6O22S6. The Morgan fingerprint density at radius 1 is 0.391 bits per heavy atom. The molecule has 110 heavy (non-hydrogen) atoms. The van der Waals surface area contributed by atoms with Crippen molar-refractivity contribution in [1.82, 2.24) is 32.1 Å². The number of hydrogen-bond donors (Lipinski definition) is 12. The van der Waals surface area contributed by atoms with Crippen LogP contribution in [0.3, 0.4) is 0 Å². The van der Waals surface area contributed by atoms with E-state index in [0.717, 1.165) is 50.7 Å². The van der Waals surface area contributed by atoms with Crippen molar-refractivity contribution >= 4 is 126 Å². The van der Waals surface area contributed by atoms with Gasteiger partial charge in [0.25, 0.3) is 0 Å². The molecule has 0 aliphatic rings. The molecule has 2 amide bonds. The van der Waals surface area contributed by atoms with Crippen LogP contribution in [0.5, 0.6) is 0 Å². The molecule has 0 aromatic carbocycles. The fourth-order valence-corrected chi connectivity index (χ4v) is 0. The molecule has 0 saturated carbocycles. The lowest BCUT2D eigenvalue weighted by Gasteiger charge is -2.03. The molecule has 0 aromatic heterocycles. The number of methoxy groups -OCH3 is 4. The van der Waals surface area contributed by atoms with Crippen molar-refractivity contribution < 1.29 is 106 Å². The quantitative estimate of drug-likeness (QED) is 0.0475. The average molecular weight is 1730 g/mol. The summed E-state index contributed by atoms with van der Waals surface area (Å²) in [6.07, 6.45) is 13.8. The highest BCUT2D eigenvalue weighted by atomic mass is 32.2. The van der Waals surface area contributed by atoms with Crippen LogP contribution >= 0.6 is 47.0 Å². The minimum Gasteiger partial charge on any atom is -0.469 e. The predicted octanol–water partition coefficient (Wildman–Crippen LogP) is 11.3. The number of aliphatic hydroxyl groups excluding tert-OH is 6. The number of ether oxygens (including phenoxy) is 4. The molecule has 0 aliphatic carbocycles. The standard InChI is InChI=1S/C4H10O2.2C4H8O2.2C4H10O.2C4H8O.C4H10.2C3H7NO.2C3H9N.2C3H6O2.2C3H8OS.2C3H6OS.2C3H8O.2C3H8S.C2H8N2/c3*1-3(5)4(2)6;4*1-3-4(2)5;1-3-4-2;2*1-3(5)4-2;2*1-3-4-2;2*1-3(4)5-2;2*1-3-5(2)4;2*1-3(4)5-2;5*1-3-4-2/h3-6H,1-2H3;2*3,5H,1-2H3;2*4-5H,3H2,1-2H3;2*3H2,1-2H3;3-4H2,1-2H3;2*1-2H3,(H,4,5);2*4H,3H2,1-2H3;2*1-2H3;2*3H2,1-2H3;2*1-2H3;4*3H2,1-2H3;3-4H,1-2H3. The number of unbranched alkanes of at least 4 members (excludes halogenated alkanes) is 1. The van der Waals surface area contributed by atoms with Crippen molar-refractivity contribution in [1.29, 1.82) is 0 Å². The van der Waals surface area contributed by atoms with Gasteiger partial charge in [-0.15, -0.1) is 0 Å². The van der Waals surface area contributed by atoms with Gasteiger partial charge in [0, 0.05) is 142 Å². The van der Waals surface area contributed by atoms with E-state index in [2.05, 4.69) is 105 Å². The molecule has 8 unspecified atom stereocenters. The Labute approximate surface area is 700 Å². The molecule has 0 heterocycles. The summed E-state index contributed by atoms with van der Waals surface area (Å²) in [6.45, 7) is 56.0. The number of thioether (sulfide) groups is 4. The predicted molar refractivity (Wildman–Crippen MR) is 488 cm³/mol. The van der Waals surface area contributed by atoms with Crippen LogP contribution in [0.25, 0.3) is 0 Å². The van der Waals surface area contributed by atoms with E-state index in [1.807, 2.05) is 107 Å². The monoisotopic (exact) mass is 1730 g/mol. The summed E-state index contributed by atoms with van der Waals surface area (Å²) in [5.41, 5.74) is 5.36. The third-order valence-corrected chi connectivity index (χ3v) is 13.3. The molecule has 0 saturated heterocycles. The molecule has 0 aliphatic heterocycles. The van der Waals surface area contributed by atoms with Crippen molar-refractivity contribution in [3.8, 4) is 0 Å². The van der Waals surface area contributed by atoms with Gasteiger partial charge in [-0.05, 0) is 174 Å². The maximum Gasteiger partial charge on any atom is 0.302 e. The highest BCUT2D eigenvalue weighted by Crippen LogP contribution is 1.90. The van der Waals surface area contributed by atoms with E-state index in [1.54, 1.807) is 109 Å². The minimum atomic E-state index is -0.787. The Kier molecular flexibility index (Phi) is 290. The maximum atomic E-state index is 9.92. The summed E-state index contributed by atoms with van der Waals surface area (Å²) < 4.78 is 37.2. The molecule has 12 N–H and O–H groups in total. The molecule has 0 fully saturated rings. The molecule has 0 bridgehead atoms. The van der Waals surface area contributed by atoms with Crippen LogP contribution in [-0.2, 0) is 88.5 Å². The van der Waals surface area contributed by atoms with Crippen LogP contribution in [0, 0.1) is 0 Å². The Bertz CT molecular complexity index is 1380. The van der Waals surface area contributed by atoms with Gasteiger partial charge >= 0.3 is 11.9 Å². The number of amides is 2. The molecule has 0 aromatic rings. The van der Waals surface area contributed by atoms with Gasteiger partial charge in [-0.25, -0.2) is 0 Å². The van der Waals surface area contributed by atoms with Gasteiger partial charge in [0.05, 0.1) is 38.6 Å². The number of hydrogen-bond acceptors (Lipinski definition) is 30. The largest absolute Gasteiger partial charge is 0.469 e. The number of ketones is 4. The third kappa shape index (κ3) is 674. The van der Waals surface area contributed by atoms with Gasteiger partial charge in [0.15, 0.2) is 21.8 Å². The van der Waals surface area contributed by atoms with Crippen molar-refractivity contribution in [2.45, 2.75) is 283 Å². The Morgan fingerprint density at radius 2 is 0.509 bits per heavy atom. The fraction of sp³-hybridized carbons (Fsp3) is 0.868. The first-order valence-electron chi connectivity index (χ1n) is 36.3. The SMILES string of the molecule is CC(=O)C(C)O.CC(=O)C(C)O.CC(O)C(C)O.CCC(C)=O.CCC(C)=O.CCC(C)O.CCC(C)O.CCCC.CCNC.CCNC.CCOC.CCOC.CCS(C)=O.CCS(C)=O.CCSC.CCSC.CNC(C)=O.CNC(C)=O.CNNC.COC(C)=O.COC(C)=O.CSC(C)=O.CSC(C)=O. The highest BCUT2D eigenvalue weighted by molar-refractivity contribution is 8.13. The van der Waals surface area contributed by atoms with Crippen molar-refractivity contribution in [2.24, 2.45) is 0 Å². The third-order valence-electron chi connectivity index (χ3n) is 9.33. The van der Waals surface area contributed by atoms with E-state index in [0.29, 0.717) is 12.8 Å². The Balaban J connectivity index is -0.0000000343. The zero-order valence-corrected chi connectivity index (χ0v) is 83.9. The summed E-state index contributed by atoms with van der Waals surface area (Å²) in [7, 11) is 15.6. The number of Topliss-reactive ketones (excluding diaryl/α,β-unsaturated/α-hetero) is 4. The lowest BCUT2D eigenvalue weighted by atomic mass is 10.3. The lowest BCUT2D eigenvalue weighted by Crippen LogP contribution is -2.21. The summed E-state index contributed by atoms with van der Waals surface area (Å²) in [5.74, 6) is 3.69. The molecule has 0 spiro atoms. The highest BCUT2D eigenvalue weighted by Gasteiger charge is 2.00. The normalized spacial score (nSPS) is 10.1. The van der Waals surface area contributed by atoms with Crippen molar-refractivity contribution in [3.63, 3.8) is 0 Å². The zero-order valence-electron chi connectivity index (χ0n) is 79.0. The van der Waals surface area contributed by atoms with E-state index in [4.69, 9.17) is 30.6 Å². The molecule has 34 heteroatoms. The second-order valence-electron chi connectivity index (χ2n) is 20.0. The van der Waals surface area contributed by atoms with E-state index >= 15 is 0 Å². The second kappa shape index (κ2) is 187. The van der Waals surface area contributed by atoms with Gasteiger partial charge in [0.2, 0.25) is 11.8 Å². The van der Waals surface area contributed by atoms with Crippen molar-refractivity contribution in [2.75, 3.05) is 158 Å². The maximum absolute atomic E-state index is 9.92. The minimum absolute atomic E-state index is 0.00463. The van der Waals surface area contributed by atoms with Crippen LogP contribution in [0.15, 0.2) is 0 Å². The van der Waals surface area contributed by atoms with Gasteiger partial charge in [0.1, 0.15) is 23.8 Å². The topological polar surface area (TPSA) is 435 Å². The molecule has 0 radical (unpaired) electrons. The summed E-state index contributed by atoms with van der Waals surface area (Å²) in [5, 5.41) is 61.0. The Morgan fingerprint density at radius 3 is 0.509 bits per heavy atom. The van der Waals surface area contributed by atoms with E-state index in [1.165, 1.54) is 117 Å². The number of carbonyl (C=O) groups excluding carboxylic acids is 10. The lowest BCUT2D eigenvalue weighted by molar-refractivity contribution is -0.138. The number of esters is 2. The van der Waals surface area contributed by atoms with Crippen LogP contribution in [0.1, 0.15) is 246 Å². The van der Waals surface area contributed by atoms with E-state index < -0.39 is 46.0 Å². The molecular weight excluding hydrogens is 1540 g/mol. The number of hydrazine groups is 1. The number of rotatable bonds is 17. The smallest absolute Gasteiger partial charge is 0.302 e. The number of nitrogens with one attached hydrogen (secondary N) is 6. The average Bonchev–Trinajstić information content (AvgIpc) is 1.41. The van der Waals surface area contributed by atoms with Crippen LogP contribution in [0.4, 0.5) is 0 Å². The summed E-state index contributed by atoms with van der Waals surface area (Å²) in [4.78, 5) is 97.5. The van der Waals surface area contributed by atoms with E-state index in [-0.39, 0.29) is 69.3 Å². The second-order valence-corrected chi connectivity index (χ2v) is 27.7. The number of aliphatic hydroxyl groups is 6. The first-order chi connectivity index (χ1) is 50.5. The van der Waals surface area contributed by atoms with Crippen molar-refractivity contribution in [3.05, 3.63) is 0 Å². The van der Waals surface area contributed by atoms with Gasteiger partial charge in [-0.3, -0.25) is 57.6 Å². The molecule has 686 valence electrons. The van der Waals surface area contributed by atoms with Gasteiger partial charge in [-0.1, -0.05) is 119 Å². The first kappa shape index (κ1) is 170.